The van der Waals surface area contributed by atoms with E-state index in [-0.39, 0.29) is 17.3 Å². The van der Waals surface area contributed by atoms with Gasteiger partial charge in [0.05, 0.1) is 10.6 Å². The average Bonchev–Trinajstić information content (AvgIpc) is 2.77. The Labute approximate surface area is 197 Å². The van der Waals surface area contributed by atoms with Crippen LogP contribution >= 0.6 is 0 Å². The molecule has 33 heavy (non-hydrogen) atoms. The highest BCUT2D eigenvalue weighted by atomic mass is 32.2. The van der Waals surface area contributed by atoms with E-state index in [0.29, 0.717) is 18.5 Å². The Balaban J connectivity index is 1.91. The van der Waals surface area contributed by atoms with Crippen LogP contribution < -0.4 is 9.62 Å². The molecule has 174 valence electrons. The molecule has 0 saturated heterocycles. The maximum Gasteiger partial charge on any atom is 0.264 e. The summed E-state index contributed by atoms with van der Waals surface area (Å²) in [5, 5.41) is 3.03. The predicted molar refractivity (Wildman–Crippen MR) is 134 cm³/mol. The van der Waals surface area contributed by atoms with Crippen LogP contribution in [0.5, 0.6) is 0 Å². The van der Waals surface area contributed by atoms with Gasteiger partial charge in [-0.25, -0.2) is 8.42 Å². The van der Waals surface area contributed by atoms with Crippen molar-refractivity contribution >= 4 is 21.6 Å². The number of hydrogen-bond donors (Lipinski definition) is 1. The van der Waals surface area contributed by atoms with Gasteiger partial charge in [0.15, 0.2) is 0 Å². The molecule has 0 aliphatic rings. The molecule has 5 nitrogen and oxygen atoms in total. The van der Waals surface area contributed by atoms with Crippen molar-refractivity contribution in [1.82, 2.24) is 5.32 Å². The highest BCUT2D eigenvalue weighted by Gasteiger charge is 2.30. The number of sulfonamides is 1. The first kappa shape index (κ1) is 24.5. The molecule has 0 spiro atoms. The second-order valence-corrected chi connectivity index (χ2v) is 10.8. The molecule has 0 aliphatic heterocycles. The van der Waals surface area contributed by atoms with Gasteiger partial charge < -0.3 is 5.32 Å². The molecular weight excluding hydrogens is 432 g/mol. The summed E-state index contributed by atoms with van der Waals surface area (Å²) in [6, 6.07) is 23.9. The Kier molecular flexibility index (Phi) is 7.59. The lowest BCUT2D eigenvalue weighted by Gasteiger charge is -2.30. The number of rotatable bonds is 9. The fraction of sp³-hybridized carbons (Fsp3) is 0.296. The number of amides is 1. The van der Waals surface area contributed by atoms with E-state index in [1.807, 2.05) is 70.2 Å². The van der Waals surface area contributed by atoms with Gasteiger partial charge in [0, 0.05) is 5.54 Å². The number of carbonyl (C=O) groups excluding carboxylic acids is 1. The van der Waals surface area contributed by atoms with E-state index < -0.39 is 15.6 Å². The summed E-state index contributed by atoms with van der Waals surface area (Å²) < 4.78 is 28.5. The second-order valence-electron chi connectivity index (χ2n) is 8.90. The van der Waals surface area contributed by atoms with Crippen LogP contribution in [-0.4, -0.2) is 26.4 Å². The molecule has 1 N–H and O–H groups in total. The summed E-state index contributed by atoms with van der Waals surface area (Å²) in [6.45, 7) is 7.46. The van der Waals surface area contributed by atoms with Crippen molar-refractivity contribution in [1.29, 1.82) is 0 Å². The van der Waals surface area contributed by atoms with Gasteiger partial charge in [-0.05, 0) is 62.9 Å². The molecule has 0 heterocycles. The van der Waals surface area contributed by atoms with Gasteiger partial charge in [-0.2, -0.15) is 0 Å². The Hall–Kier alpha value is -3.12. The highest BCUT2D eigenvalue weighted by molar-refractivity contribution is 7.92. The molecule has 0 aliphatic carbocycles. The molecule has 0 unspecified atom stereocenters. The second kappa shape index (κ2) is 10.2. The molecule has 0 aromatic heterocycles. The normalized spacial score (nSPS) is 11.8. The third-order valence-electron chi connectivity index (χ3n) is 5.50. The smallest absolute Gasteiger partial charge is 0.264 e. The van der Waals surface area contributed by atoms with Crippen molar-refractivity contribution in [3.63, 3.8) is 0 Å². The molecule has 3 rings (SSSR count). The first-order valence-electron chi connectivity index (χ1n) is 11.1. The lowest BCUT2D eigenvalue weighted by Crippen LogP contribution is -2.50. The van der Waals surface area contributed by atoms with Crippen LogP contribution in [0.15, 0.2) is 83.8 Å². The van der Waals surface area contributed by atoms with E-state index in [1.165, 1.54) is 4.31 Å². The van der Waals surface area contributed by atoms with E-state index in [9.17, 15) is 13.2 Å². The van der Waals surface area contributed by atoms with Gasteiger partial charge >= 0.3 is 0 Å². The Morgan fingerprint density at radius 3 is 2.15 bits per heavy atom. The van der Waals surface area contributed by atoms with Gasteiger partial charge in [-0.15, -0.1) is 0 Å². The Morgan fingerprint density at radius 2 is 1.52 bits per heavy atom. The molecule has 0 atom stereocenters. The molecule has 1 amide bonds. The van der Waals surface area contributed by atoms with Crippen LogP contribution in [0.2, 0.25) is 0 Å². The van der Waals surface area contributed by atoms with Crippen molar-refractivity contribution in [3.05, 3.63) is 95.6 Å². The number of carbonyl (C=O) groups is 1. The summed E-state index contributed by atoms with van der Waals surface area (Å²) in [5.41, 5.74) is 2.92. The van der Waals surface area contributed by atoms with Crippen LogP contribution in [0.1, 0.15) is 37.5 Å². The van der Waals surface area contributed by atoms with Crippen molar-refractivity contribution in [2.45, 2.75) is 51.0 Å². The molecular formula is C27H32N2O3S. The van der Waals surface area contributed by atoms with Crippen LogP contribution in [0.25, 0.3) is 0 Å². The first-order chi connectivity index (χ1) is 15.6. The van der Waals surface area contributed by atoms with Crippen molar-refractivity contribution in [3.8, 4) is 0 Å². The first-order valence-corrected chi connectivity index (χ1v) is 12.6. The fourth-order valence-electron chi connectivity index (χ4n) is 3.89. The topological polar surface area (TPSA) is 66.5 Å². The van der Waals surface area contributed by atoms with Gasteiger partial charge in [-0.1, -0.05) is 73.2 Å². The summed E-state index contributed by atoms with van der Waals surface area (Å²) in [6.07, 6.45) is 1.28. The molecule has 3 aromatic carbocycles. The lowest BCUT2D eigenvalue weighted by molar-refractivity contribution is -0.121. The van der Waals surface area contributed by atoms with E-state index in [0.717, 1.165) is 16.7 Å². The zero-order valence-electron chi connectivity index (χ0n) is 19.7. The number of hydrogen-bond acceptors (Lipinski definition) is 3. The number of aryl methyl sites for hydroxylation is 2. The maximum absolute atomic E-state index is 13.7. The van der Waals surface area contributed by atoms with Gasteiger partial charge in [0.2, 0.25) is 5.91 Å². The van der Waals surface area contributed by atoms with E-state index in [4.69, 9.17) is 0 Å². The van der Waals surface area contributed by atoms with Gasteiger partial charge in [-0.3, -0.25) is 9.10 Å². The minimum atomic E-state index is -3.94. The zero-order chi connectivity index (χ0) is 24.1. The van der Waals surface area contributed by atoms with E-state index in [2.05, 4.69) is 5.32 Å². The number of para-hydroxylation sites is 1. The lowest BCUT2D eigenvalue weighted by atomic mass is 9.95. The van der Waals surface area contributed by atoms with Crippen molar-refractivity contribution in [2.75, 3.05) is 10.8 Å². The number of anilines is 1. The third kappa shape index (κ3) is 6.23. The highest BCUT2D eigenvalue weighted by Crippen LogP contribution is 2.28. The monoisotopic (exact) mass is 464 g/mol. The van der Waals surface area contributed by atoms with E-state index in [1.54, 1.807) is 36.4 Å². The van der Waals surface area contributed by atoms with Crippen LogP contribution in [0.4, 0.5) is 5.69 Å². The van der Waals surface area contributed by atoms with Crippen LogP contribution in [0, 0.1) is 6.92 Å². The maximum atomic E-state index is 13.7. The molecule has 3 aromatic rings. The number of nitrogens with one attached hydrogen (secondary N) is 1. The molecule has 6 heteroatoms. The van der Waals surface area contributed by atoms with Gasteiger partial charge in [0.25, 0.3) is 10.0 Å². The molecule has 0 fully saturated rings. The van der Waals surface area contributed by atoms with Crippen LogP contribution in [-0.2, 0) is 27.7 Å². The van der Waals surface area contributed by atoms with Crippen molar-refractivity contribution in [2.24, 2.45) is 0 Å². The van der Waals surface area contributed by atoms with Crippen LogP contribution in [0.3, 0.4) is 0 Å². The Morgan fingerprint density at radius 1 is 0.909 bits per heavy atom. The standard InChI is InChI=1S/C27H32N2O3S/c1-5-23-13-9-10-14-25(23)29(33(31,32)24-17-15-21(2)16-18-24)20-26(30)28-27(3,4)19-22-11-7-6-8-12-22/h6-18H,5,19-20H2,1-4H3,(H,28,30). The fourth-order valence-corrected chi connectivity index (χ4v) is 5.35. The van der Waals surface area contributed by atoms with Crippen molar-refractivity contribution < 1.29 is 13.2 Å². The summed E-state index contributed by atoms with van der Waals surface area (Å²) >= 11 is 0. The largest absolute Gasteiger partial charge is 0.349 e. The molecule has 0 radical (unpaired) electrons. The molecule has 0 bridgehead atoms. The number of benzene rings is 3. The predicted octanol–water partition coefficient (Wildman–Crippen LogP) is 4.89. The van der Waals surface area contributed by atoms with E-state index >= 15 is 0 Å². The minimum absolute atomic E-state index is 0.162. The summed E-state index contributed by atoms with van der Waals surface area (Å²) in [5.74, 6) is -0.350. The Bertz CT molecular complexity index is 1190. The van der Waals surface area contributed by atoms with Gasteiger partial charge in [0.1, 0.15) is 6.54 Å². The molecule has 0 saturated carbocycles. The zero-order valence-corrected chi connectivity index (χ0v) is 20.5. The minimum Gasteiger partial charge on any atom is -0.349 e. The SMILES string of the molecule is CCc1ccccc1N(CC(=O)NC(C)(C)Cc1ccccc1)S(=O)(=O)c1ccc(C)cc1. The average molecular weight is 465 g/mol. The third-order valence-corrected chi connectivity index (χ3v) is 7.28. The summed E-state index contributed by atoms with van der Waals surface area (Å²) in [4.78, 5) is 13.3. The quantitative estimate of drug-likeness (QED) is 0.490. The summed E-state index contributed by atoms with van der Waals surface area (Å²) in [7, 11) is -3.94. The number of nitrogens with zero attached hydrogens (tertiary/aromatic N) is 1.